The Balaban J connectivity index is 1.79. The van der Waals surface area contributed by atoms with Gasteiger partial charge in [0.1, 0.15) is 18.4 Å². The first kappa shape index (κ1) is 30.7. The van der Waals surface area contributed by atoms with Gasteiger partial charge in [-0.15, -0.1) is 0 Å². The maximum absolute atomic E-state index is 14.9. The Morgan fingerprint density at radius 3 is 2.21 bits per heavy atom. The van der Waals surface area contributed by atoms with Crippen LogP contribution >= 0.6 is 0 Å². The van der Waals surface area contributed by atoms with Crippen LogP contribution in [0.1, 0.15) is 31.4 Å². The minimum absolute atomic E-state index is 0.163. The zero-order valence-corrected chi connectivity index (χ0v) is 24.9. The van der Waals surface area contributed by atoms with E-state index in [4.69, 9.17) is 0 Å². The highest BCUT2D eigenvalue weighted by atomic mass is 32.2. The SMILES string of the molecule is CC[C@H](C)NC(=O)[C@H](Cc1ccccc1)N(Cc1ccccc1F)C(=O)CN(c1cccc2ccccc12)S(C)(=O)=O. The third-order valence-corrected chi connectivity index (χ3v) is 8.41. The number of hydrogen-bond donors (Lipinski definition) is 1. The maximum atomic E-state index is 14.9. The molecule has 4 aromatic rings. The fraction of sp³-hybridized carbons (Fsp3) is 0.273. The van der Waals surface area contributed by atoms with Crippen molar-refractivity contribution in [3.05, 3.63) is 114 Å². The van der Waals surface area contributed by atoms with E-state index in [0.717, 1.165) is 21.5 Å². The molecule has 0 aliphatic carbocycles. The summed E-state index contributed by atoms with van der Waals surface area (Å²) in [4.78, 5) is 29.3. The van der Waals surface area contributed by atoms with Gasteiger partial charge in [0.2, 0.25) is 21.8 Å². The normalized spacial score (nSPS) is 12.9. The van der Waals surface area contributed by atoms with Crippen LogP contribution in [0.3, 0.4) is 0 Å². The van der Waals surface area contributed by atoms with Crippen molar-refractivity contribution >= 4 is 38.3 Å². The summed E-state index contributed by atoms with van der Waals surface area (Å²) in [5.74, 6) is -1.55. The second kappa shape index (κ2) is 13.6. The second-order valence-electron chi connectivity index (χ2n) is 10.4. The van der Waals surface area contributed by atoms with E-state index >= 15 is 0 Å². The quantitative estimate of drug-likeness (QED) is 0.243. The number of fused-ring (bicyclic) bond motifs is 1. The number of anilines is 1. The number of sulfonamides is 1. The van der Waals surface area contributed by atoms with Crippen LogP contribution in [-0.2, 0) is 32.6 Å². The van der Waals surface area contributed by atoms with Gasteiger partial charge >= 0.3 is 0 Å². The summed E-state index contributed by atoms with van der Waals surface area (Å²) in [7, 11) is -3.94. The van der Waals surface area contributed by atoms with Crippen molar-refractivity contribution in [1.29, 1.82) is 0 Å². The summed E-state index contributed by atoms with van der Waals surface area (Å²) in [6, 6.07) is 26.7. The first-order valence-corrected chi connectivity index (χ1v) is 15.8. The average Bonchev–Trinajstić information content (AvgIpc) is 2.98. The molecule has 0 aliphatic rings. The first-order chi connectivity index (χ1) is 20.1. The smallest absolute Gasteiger partial charge is 0.244 e. The molecule has 0 saturated carbocycles. The van der Waals surface area contributed by atoms with Gasteiger partial charge in [-0.2, -0.15) is 0 Å². The van der Waals surface area contributed by atoms with Crippen LogP contribution in [0.2, 0.25) is 0 Å². The topological polar surface area (TPSA) is 86.8 Å². The molecule has 0 aromatic heterocycles. The lowest BCUT2D eigenvalue weighted by Gasteiger charge is -2.34. The monoisotopic (exact) mass is 589 g/mol. The molecule has 220 valence electrons. The highest BCUT2D eigenvalue weighted by Crippen LogP contribution is 2.29. The van der Waals surface area contributed by atoms with E-state index in [9.17, 15) is 22.4 Å². The Hall–Kier alpha value is -4.24. The molecule has 0 heterocycles. The van der Waals surface area contributed by atoms with E-state index in [2.05, 4.69) is 5.32 Å². The van der Waals surface area contributed by atoms with Gasteiger partial charge in [0.05, 0.1) is 11.9 Å². The predicted octanol–water partition coefficient (Wildman–Crippen LogP) is 5.30. The molecule has 7 nitrogen and oxygen atoms in total. The molecule has 9 heteroatoms. The number of rotatable bonds is 12. The van der Waals surface area contributed by atoms with Crippen molar-refractivity contribution in [1.82, 2.24) is 10.2 Å². The van der Waals surface area contributed by atoms with Crippen molar-refractivity contribution in [2.75, 3.05) is 17.1 Å². The Bertz CT molecular complexity index is 1640. The Morgan fingerprint density at radius 1 is 0.881 bits per heavy atom. The third kappa shape index (κ3) is 7.53. The van der Waals surface area contributed by atoms with Gasteiger partial charge in [0.15, 0.2) is 0 Å². The molecule has 0 saturated heterocycles. The van der Waals surface area contributed by atoms with Gasteiger partial charge in [0, 0.05) is 30.0 Å². The molecule has 0 unspecified atom stereocenters. The minimum atomic E-state index is -3.94. The van der Waals surface area contributed by atoms with E-state index in [0.29, 0.717) is 17.5 Å². The lowest BCUT2D eigenvalue weighted by molar-refractivity contribution is -0.140. The van der Waals surface area contributed by atoms with E-state index in [1.165, 1.54) is 11.0 Å². The molecule has 0 fully saturated rings. The van der Waals surface area contributed by atoms with Crippen molar-refractivity contribution in [3.63, 3.8) is 0 Å². The number of nitrogens with one attached hydrogen (secondary N) is 1. The van der Waals surface area contributed by atoms with Crippen LogP contribution in [0.4, 0.5) is 10.1 Å². The molecule has 0 aliphatic heterocycles. The summed E-state index contributed by atoms with van der Waals surface area (Å²) in [5.41, 5.74) is 1.37. The molecule has 2 atom stereocenters. The fourth-order valence-corrected chi connectivity index (χ4v) is 5.69. The largest absolute Gasteiger partial charge is 0.352 e. The molecule has 0 bridgehead atoms. The molecule has 42 heavy (non-hydrogen) atoms. The number of benzene rings is 4. The Kier molecular flexibility index (Phi) is 9.96. The number of halogens is 1. The highest BCUT2D eigenvalue weighted by Gasteiger charge is 2.34. The fourth-order valence-electron chi connectivity index (χ4n) is 4.83. The summed E-state index contributed by atoms with van der Waals surface area (Å²) in [5, 5.41) is 4.44. The lowest BCUT2D eigenvalue weighted by atomic mass is 10.0. The van der Waals surface area contributed by atoms with Gasteiger partial charge in [0.25, 0.3) is 0 Å². The van der Waals surface area contributed by atoms with E-state index in [1.807, 2.05) is 62.4 Å². The molecule has 1 N–H and O–H groups in total. The standard InChI is InChI=1S/C33H36FN3O4S/c1-4-24(2)35-33(39)31(21-25-13-6-5-7-14-25)36(22-27-16-9-11-19-29(27)34)32(38)23-37(42(3,40)41)30-20-12-17-26-15-8-10-18-28(26)30/h5-20,24,31H,4,21-23H2,1-3H3,(H,35,39)/t24-,31-/m0/s1. The summed E-state index contributed by atoms with van der Waals surface area (Å²) < 4.78 is 42.3. The van der Waals surface area contributed by atoms with Crippen molar-refractivity contribution in [2.45, 2.75) is 45.3 Å². The molecule has 2 amide bonds. The van der Waals surface area contributed by atoms with Crippen LogP contribution in [-0.4, -0.2) is 50.0 Å². The second-order valence-corrected chi connectivity index (χ2v) is 12.3. The van der Waals surface area contributed by atoms with Gasteiger partial charge < -0.3 is 10.2 Å². The van der Waals surface area contributed by atoms with E-state index in [1.54, 1.807) is 42.5 Å². The van der Waals surface area contributed by atoms with Crippen molar-refractivity contribution < 1.29 is 22.4 Å². The Labute approximate surface area is 247 Å². The summed E-state index contributed by atoms with van der Waals surface area (Å²) >= 11 is 0. The van der Waals surface area contributed by atoms with E-state index < -0.39 is 40.2 Å². The minimum Gasteiger partial charge on any atom is -0.352 e. The molecule has 4 aromatic carbocycles. The first-order valence-electron chi connectivity index (χ1n) is 13.9. The number of carbonyl (C=O) groups excluding carboxylic acids is 2. The van der Waals surface area contributed by atoms with Crippen LogP contribution in [0.5, 0.6) is 0 Å². The van der Waals surface area contributed by atoms with Crippen molar-refractivity contribution in [3.8, 4) is 0 Å². The number of carbonyl (C=O) groups is 2. The van der Waals surface area contributed by atoms with Gasteiger partial charge in [-0.1, -0.05) is 91.9 Å². The van der Waals surface area contributed by atoms with Crippen LogP contribution in [0, 0.1) is 5.82 Å². The van der Waals surface area contributed by atoms with Crippen LogP contribution in [0.15, 0.2) is 97.1 Å². The highest BCUT2D eigenvalue weighted by molar-refractivity contribution is 7.92. The zero-order chi connectivity index (χ0) is 30.3. The van der Waals surface area contributed by atoms with E-state index in [-0.39, 0.29) is 24.6 Å². The molecular formula is C33H36FN3O4S. The summed E-state index contributed by atoms with van der Waals surface area (Å²) in [6.07, 6.45) is 1.88. The van der Waals surface area contributed by atoms with Crippen LogP contribution in [0.25, 0.3) is 10.8 Å². The lowest BCUT2D eigenvalue weighted by Crippen LogP contribution is -2.54. The molecule has 0 spiro atoms. The molecule has 0 radical (unpaired) electrons. The third-order valence-electron chi connectivity index (χ3n) is 7.29. The predicted molar refractivity (Wildman–Crippen MR) is 165 cm³/mol. The van der Waals surface area contributed by atoms with Crippen molar-refractivity contribution in [2.24, 2.45) is 0 Å². The Morgan fingerprint density at radius 2 is 1.52 bits per heavy atom. The molecular weight excluding hydrogens is 553 g/mol. The summed E-state index contributed by atoms with van der Waals surface area (Å²) in [6.45, 7) is 3.02. The number of hydrogen-bond acceptors (Lipinski definition) is 4. The zero-order valence-electron chi connectivity index (χ0n) is 24.0. The maximum Gasteiger partial charge on any atom is 0.244 e. The number of nitrogens with zero attached hydrogens (tertiary/aromatic N) is 2. The van der Waals surface area contributed by atoms with Gasteiger partial charge in [-0.25, -0.2) is 12.8 Å². The average molecular weight is 590 g/mol. The van der Waals surface area contributed by atoms with Gasteiger partial charge in [-0.05, 0) is 36.4 Å². The number of amides is 2. The molecule has 4 rings (SSSR count). The van der Waals surface area contributed by atoms with Crippen LogP contribution < -0.4 is 9.62 Å². The van der Waals surface area contributed by atoms with Gasteiger partial charge in [-0.3, -0.25) is 13.9 Å².